The van der Waals surface area contributed by atoms with Crippen LogP contribution in [-0.2, 0) is 6.54 Å². The Balaban J connectivity index is 1.98. The van der Waals surface area contributed by atoms with Gasteiger partial charge < -0.3 is 9.88 Å². The third-order valence-electron chi connectivity index (χ3n) is 5.24. The Bertz CT molecular complexity index is 735. The predicted molar refractivity (Wildman–Crippen MR) is 96.2 cm³/mol. The zero-order valence-electron chi connectivity index (χ0n) is 14.2. The highest BCUT2D eigenvalue weighted by atomic mass is 35.5. The van der Waals surface area contributed by atoms with Crippen LogP contribution in [0, 0.1) is 12.8 Å². The van der Waals surface area contributed by atoms with Crippen molar-refractivity contribution in [2.24, 2.45) is 5.92 Å². The summed E-state index contributed by atoms with van der Waals surface area (Å²) >= 11 is 6.14. The van der Waals surface area contributed by atoms with Gasteiger partial charge in [0.1, 0.15) is 5.69 Å². The minimum Gasteiger partial charge on any atom is -0.348 e. The third kappa shape index (κ3) is 2.99. The van der Waals surface area contributed by atoms with Crippen LogP contribution in [0.2, 0.25) is 5.02 Å². The van der Waals surface area contributed by atoms with Crippen LogP contribution in [0.1, 0.15) is 55.6 Å². The zero-order chi connectivity index (χ0) is 16.6. The number of benzene rings is 1. The third-order valence-corrected chi connectivity index (χ3v) is 5.47. The SMILES string of the molecule is CCn1c(C(=O)NC2CCCCC2C)c(C)c2cc(Cl)ccc21. The highest BCUT2D eigenvalue weighted by Gasteiger charge is 2.26. The van der Waals surface area contributed by atoms with Gasteiger partial charge in [-0.1, -0.05) is 31.4 Å². The number of aromatic nitrogens is 1. The molecule has 0 aliphatic heterocycles. The van der Waals surface area contributed by atoms with Crippen LogP contribution in [0.25, 0.3) is 10.9 Å². The predicted octanol–water partition coefficient (Wildman–Crippen LogP) is 4.93. The van der Waals surface area contributed by atoms with E-state index in [2.05, 4.69) is 23.7 Å². The lowest BCUT2D eigenvalue weighted by Gasteiger charge is -2.29. The molecule has 1 saturated carbocycles. The van der Waals surface area contributed by atoms with E-state index in [9.17, 15) is 4.79 Å². The van der Waals surface area contributed by atoms with E-state index in [0.29, 0.717) is 17.0 Å². The molecule has 1 aromatic heterocycles. The summed E-state index contributed by atoms with van der Waals surface area (Å²) in [5, 5.41) is 5.06. The molecule has 4 heteroatoms. The molecule has 1 N–H and O–H groups in total. The molecule has 0 saturated heterocycles. The summed E-state index contributed by atoms with van der Waals surface area (Å²) in [7, 11) is 0. The van der Waals surface area contributed by atoms with Crippen molar-refractivity contribution in [3.63, 3.8) is 0 Å². The number of aryl methyl sites for hydroxylation is 2. The summed E-state index contributed by atoms with van der Waals surface area (Å²) in [6.07, 6.45) is 4.78. The first kappa shape index (κ1) is 16.4. The highest BCUT2D eigenvalue weighted by Crippen LogP contribution is 2.29. The van der Waals surface area contributed by atoms with Crippen molar-refractivity contribution < 1.29 is 4.79 Å². The van der Waals surface area contributed by atoms with E-state index in [4.69, 9.17) is 11.6 Å². The van der Waals surface area contributed by atoms with Gasteiger partial charge in [-0.25, -0.2) is 0 Å². The Labute approximate surface area is 143 Å². The summed E-state index contributed by atoms with van der Waals surface area (Å²) < 4.78 is 2.10. The maximum atomic E-state index is 12.9. The molecule has 3 nitrogen and oxygen atoms in total. The maximum Gasteiger partial charge on any atom is 0.268 e. The summed E-state index contributed by atoms with van der Waals surface area (Å²) in [6.45, 7) is 7.11. The molecule has 2 aromatic rings. The standard InChI is InChI=1S/C19H25ClN2O/c1-4-22-17-10-9-14(20)11-15(17)13(3)18(22)19(23)21-16-8-6-5-7-12(16)2/h9-12,16H,4-8H2,1-3H3,(H,21,23). The number of fused-ring (bicyclic) bond motifs is 1. The number of hydrogen-bond acceptors (Lipinski definition) is 1. The van der Waals surface area contributed by atoms with Crippen LogP contribution in [0.4, 0.5) is 0 Å². The number of rotatable bonds is 3. The van der Waals surface area contributed by atoms with E-state index in [0.717, 1.165) is 35.1 Å². The molecule has 2 atom stereocenters. The minimum absolute atomic E-state index is 0.0513. The van der Waals surface area contributed by atoms with Gasteiger partial charge in [0.05, 0.1) is 0 Å². The van der Waals surface area contributed by atoms with Crippen LogP contribution in [0.15, 0.2) is 18.2 Å². The Morgan fingerprint density at radius 1 is 1.35 bits per heavy atom. The Morgan fingerprint density at radius 3 is 2.78 bits per heavy atom. The van der Waals surface area contributed by atoms with Crippen molar-refractivity contribution in [2.45, 2.75) is 59.0 Å². The van der Waals surface area contributed by atoms with Crippen molar-refractivity contribution in [2.75, 3.05) is 0 Å². The van der Waals surface area contributed by atoms with Gasteiger partial charge >= 0.3 is 0 Å². The smallest absolute Gasteiger partial charge is 0.268 e. The Hall–Kier alpha value is -1.48. The van der Waals surface area contributed by atoms with Gasteiger partial charge in [-0.05, 0) is 56.4 Å². The first-order valence-electron chi connectivity index (χ1n) is 8.62. The molecule has 1 aromatic carbocycles. The van der Waals surface area contributed by atoms with E-state index in [1.165, 1.54) is 19.3 Å². The fourth-order valence-corrected chi connectivity index (χ4v) is 4.06. The van der Waals surface area contributed by atoms with Gasteiger partial charge in [0.25, 0.3) is 5.91 Å². The molecule has 1 fully saturated rings. The molecule has 0 radical (unpaired) electrons. The van der Waals surface area contributed by atoms with Gasteiger partial charge in [0.15, 0.2) is 0 Å². The second-order valence-electron chi connectivity index (χ2n) is 6.72. The molecule has 1 aliphatic rings. The topological polar surface area (TPSA) is 34.0 Å². The zero-order valence-corrected chi connectivity index (χ0v) is 14.9. The molecule has 0 bridgehead atoms. The lowest BCUT2D eigenvalue weighted by Crippen LogP contribution is -2.41. The number of hydrogen-bond donors (Lipinski definition) is 1. The molecule has 1 amide bonds. The lowest BCUT2D eigenvalue weighted by atomic mass is 9.86. The maximum absolute atomic E-state index is 12.9. The molecule has 1 heterocycles. The average molecular weight is 333 g/mol. The molecule has 2 unspecified atom stereocenters. The fourth-order valence-electron chi connectivity index (χ4n) is 3.88. The molecular formula is C19H25ClN2O. The van der Waals surface area contributed by atoms with Crippen LogP contribution in [0.3, 0.4) is 0 Å². The number of amides is 1. The van der Waals surface area contributed by atoms with Gasteiger partial charge in [0, 0.05) is 28.5 Å². The van der Waals surface area contributed by atoms with E-state index in [1.807, 2.05) is 25.1 Å². The van der Waals surface area contributed by atoms with Crippen LogP contribution in [-0.4, -0.2) is 16.5 Å². The lowest BCUT2D eigenvalue weighted by molar-refractivity contribution is 0.0900. The second-order valence-corrected chi connectivity index (χ2v) is 7.16. The van der Waals surface area contributed by atoms with Gasteiger partial charge in [-0.2, -0.15) is 0 Å². The average Bonchev–Trinajstić information content (AvgIpc) is 2.81. The second kappa shape index (κ2) is 6.56. The first-order valence-corrected chi connectivity index (χ1v) is 9.00. The summed E-state index contributed by atoms with van der Waals surface area (Å²) in [4.78, 5) is 12.9. The normalized spacial score (nSPS) is 21.6. The van der Waals surface area contributed by atoms with Crippen molar-refractivity contribution in [1.82, 2.24) is 9.88 Å². The van der Waals surface area contributed by atoms with Gasteiger partial charge in [0.2, 0.25) is 0 Å². The highest BCUT2D eigenvalue weighted by molar-refractivity contribution is 6.31. The molecule has 3 rings (SSSR count). The van der Waals surface area contributed by atoms with Crippen molar-refractivity contribution in [3.05, 3.63) is 34.5 Å². The summed E-state index contributed by atoms with van der Waals surface area (Å²) in [5.74, 6) is 0.609. The molecule has 1 aliphatic carbocycles. The molecule has 124 valence electrons. The first-order chi connectivity index (χ1) is 11.0. The van der Waals surface area contributed by atoms with Crippen molar-refractivity contribution >= 4 is 28.4 Å². The molecule has 23 heavy (non-hydrogen) atoms. The minimum atomic E-state index is 0.0513. The number of nitrogens with zero attached hydrogens (tertiary/aromatic N) is 1. The fraction of sp³-hybridized carbons (Fsp3) is 0.526. The van der Waals surface area contributed by atoms with Crippen LogP contribution in [0.5, 0.6) is 0 Å². The van der Waals surface area contributed by atoms with Crippen LogP contribution < -0.4 is 5.32 Å². The largest absolute Gasteiger partial charge is 0.348 e. The number of carbonyl (C=O) groups excluding carboxylic acids is 1. The van der Waals surface area contributed by atoms with Crippen molar-refractivity contribution in [3.8, 4) is 0 Å². The van der Waals surface area contributed by atoms with E-state index in [1.54, 1.807) is 0 Å². The van der Waals surface area contributed by atoms with E-state index < -0.39 is 0 Å². The van der Waals surface area contributed by atoms with E-state index >= 15 is 0 Å². The van der Waals surface area contributed by atoms with Crippen molar-refractivity contribution in [1.29, 1.82) is 0 Å². The quantitative estimate of drug-likeness (QED) is 0.849. The molecule has 0 spiro atoms. The summed E-state index contributed by atoms with van der Waals surface area (Å²) in [6, 6.07) is 6.15. The molecular weight excluding hydrogens is 308 g/mol. The Kier molecular flexibility index (Phi) is 4.67. The number of carbonyl (C=O) groups is 1. The number of nitrogens with one attached hydrogen (secondary N) is 1. The van der Waals surface area contributed by atoms with E-state index in [-0.39, 0.29) is 5.91 Å². The van der Waals surface area contributed by atoms with Crippen LogP contribution >= 0.6 is 11.6 Å². The number of halogens is 1. The monoisotopic (exact) mass is 332 g/mol. The van der Waals surface area contributed by atoms with Gasteiger partial charge in [-0.15, -0.1) is 0 Å². The Morgan fingerprint density at radius 2 is 2.09 bits per heavy atom. The summed E-state index contributed by atoms with van der Waals surface area (Å²) in [5.41, 5.74) is 2.88. The van der Waals surface area contributed by atoms with Gasteiger partial charge in [-0.3, -0.25) is 4.79 Å².